The molecule has 0 N–H and O–H groups in total. The van der Waals surface area contributed by atoms with Crippen LogP contribution < -0.4 is 9.47 Å². The predicted octanol–water partition coefficient (Wildman–Crippen LogP) is 0.631. The van der Waals surface area contributed by atoms with Gasteiger partial charge in [-0.3, -0.25) is 4.79 Å². The third kappa shape index (κ3) is 3.90. The zero-order valence-corrected chi connectivity index (χ0v) is 16.9. The summed E-state index contributed by atoms with van der Waals surface area (Å²) in [6.07, 6.45) is 1.23. The summed E-state index contributed by atoms with van der Waals surface area (Å²) < 4.78 is 38.2. The minimum Gasteiger partial charge on any atom is -0.493 e. The van der Waals surface area contributed by atoms with Crippen molar-refractivity contribution in [3.63, 3.8) is 0 Å². The molecule has 150 valence electrons. The third-order valence-electron chi connectivity index (χ3n) is 5.27. The van der Waals surface area contributed by atoms with Crippen LogP contribution in [0, 0.1) is 0 Å². The van der Waals surface area contributed by atoms with Crippen molar-refractivity contribution in [2.45, 2.75) is 23.8 Å². The molecule has 2 fully saturated rings. The second kappa shape index (κ2) is 8.04. The molecule has 1 aromatic carbocycles. The lowest BCUT2D eigenvalue weighted by Gasteiger charge is -2.35. The summed E-state index contributed by atoms with van der Waals surface area (Å²) in [7, 11) is 1.18. The van der Waals surface area contributed by atoms with Crippen LogP contribution in [0.3, 0.4) is 0 Å². The highest BCUT2D eigenvalue weighted by Gasteiger charge is 2.41. The molecule has 9 heteroatoms. The molecule has 27 heavy (non-hydrogen) atoms. The Morgan fingerprint density at radius 3 is 2.33 bits per heavy atom. The van der Waals surface area contributed by atoms with E-state index < -0.39 is 16.1 Å². The smallest absolute Gasteiger partial charge is 0.243 e. The normalized spacial score (nSPS) is 22.0. The fourth-order valence-corrected chi connectivity index (χ4v) is 5.29. The molecule has 3 rings (SSSR count). The molecule has 8 nitrogen and oxygen atoms in total. The van der Waals surface area contributed by atoms with Crippen LogP contribution in [-0.2, 0) is 14.8 Å². The van der Waals surface area contributed by atoms with Crippen LogP contribution >= 0.6 is 0 Å². The number of amides is 1. The summed E-state index contributed by atoms with van der Waals surface area (Å²) in [5, 5.41) is 0. The second-order valence-corrected chi connectivity index (χ2v) is 8.81. The highest BCUT2D eigenvalue weighted by Crippen LogP contribution is 2.33. The Kier molecular flexibility index (Phi) is 5.92. The molecule has 0 aliphatic carbocycles. The average molecular weight is 397 g/mol. The third-order valence-corrected chi connectivity index (χ3v) is 7.17. The van der Waals surface area contributed by atoms with Crippen LogP contribution in [0.1, 0.15) is 12.8 Å². The number of sulfonamides is 1. The van der Waals surface area contributed by atoms with Crippen LogP contribution in [0.5, 0.6) is 11.5 Å². The summed E-state index contributed by atoms with van der Waals surface area (Å²) >= 11 is 0. The van der Waals surface area contributed by atoms with Crippen LogP contribution in [0.2, 0.25) is 0 Å². The second-order valence-electron chi connectivity index (χ2n) is 6.92. The molecule has 2 aliphatic rings. The molecule has 0 saturated carbocycles. The van der Waals surface area contributed by atoms with Gasteiger partial charge in [0.1, 0.15) is 6.04 Å². The molecular formula is C18H27N3O5S. The predicted molar refractivity (Wildman–Crippen MR) is 101 cm³/mol. The highest BCUT2D eigenvalue weighted by atomic mass is 32.2. The molecule has 1 aromatic rings. The Balaban J connectivity index is 1.84. The minimum absolute atomic E-state index is 0.0929. The summed E-state index contributed by atoms with van der Waals surface area (Å²) in [6.45, 7) is 3.23. The van der Waals surface area contributed by atoms with E-state index in [1.54, 1.807) is 11.0 Å². The first-order chi connectivity index (χ1) is 12.9. The van der Waals surface area contributed by atoms with Gasteiger partial charge in [0, 0.05) is 38.8 Å². The Labute approximate surface area is 160 Å². The molecular weight excluding hydrogens is 370 g/mol. The topological polar surface area (TPSA) is 79.4 Å². The summed E-state index contributed by atoms with van der Waals surface area (Å²) in [5.41, 5.74) is 0. The van der Waals surface area contributed by atoms with E-state index >= 15 is 0 Å². The van der Waals surface area contributed by atoms with Crippen LogP contribution in [0.4, 0.5) is 0 Å². The van der Waals surface area contributed by atoms with Gasteiger partial charge in [-0.25, -0.2) is 8.42 Å². The first kappa shape index (κ1) is 19.9. The first-order valence-electron chi connectivity index (χ1n) is 9.09. The maximum absolute atomic E-state index is 13.2. The lowest BCUT2D eigenvalue weighted by molar-refractivity contribution is -0.136. The number of hydrogen-bond donors (Lipinski definition) is 0. The Morgan fingerprint density at radius 1 is 1.04 bits per heavy atom. The zero-order valence-electron chi connectivity index (χ0n) is 16.1. The van der Waals surface area contributed by atoms with Gasteiger partial charge in [-0.1, -0.05) is 0 Å². The van der Waals surface area contributed by atoms with Gasteiger partial charge in [0.05, 0.1) is 19.1 Å². The number of likely N-dealkylation sites (N-methyl/N-ethyl adjacent to an activating group) is 1. The highest BCUT2D eigenvalue weighted by molar-refractivity contribution is 7.89. The van der Waals surface area contributed by atoms with Gasteiger partial charge < -0.3 is 19.3 Å². The van der Waals surface area contributed by atoms with E-state index in [1.807, 2.05) is 7.05 Å². The van der Waals surface area contributed by atoms with E-state index in [9.17, 15) is 13.2 Å². The van der Waals surface area contributed by atoms with Gasteiger partial charge in [0.15, 0.2) is 11.5 Å². The first-order valence-corrected chi connectivity index (χ1v) is 10.5. The van der Waals surface area contributed by atoms with E-state index in [4.69, 9.17) is 9.47 Å². The van der Waals surface area contributed by atoms with Gasteiger partial charge in [-0.15, -0.1) is 0 Å². The number of carbonyl (C=O) groups excluding carboxylic acids is 1. The van der Waals surface area contributed by atoms with Gasteiger partial charge in [0.25, 0.3) is 0 Å². The van der Waals surface area contributed by atoms with Gasteiger partial charge >= 0.3 is 0 Å². The number of rotatable bonds is 5. The van der Waals surface area contributed by atoms with Gasteiger partial charge in [0.2, 0.25) is 15.9 Å². The SMILES string of the molecule is COc1ccc(S(=O)(=O)N2CCCC2C(=O)N2CCN(C)CC2)cc1OC. The van der Waals surface area contributed by atoms with E-state index in [1.165, 1.54) is 30.7 Å². The van der Waals surface area contributed by atoms with Crippen LogP contribution in [-0.4, -0.2) is 88.5 Å². The van der Waals surface area contributed by atoms with Gasteiger partial charge in [-0.05, 0) is 32.0 Å². The molecule has 1 atom stereocenters. The monoisotopic (exact) mass is 397 g/mol. The van der Waals surface area contributed by atoms with Crippen molar-refractivity contribution in [2.24, 2.45) is 0 Å². The molecule has 2 heterocycles. The molecule has 0 radical (unpaired) electrons. The maximum Gasteiger partial charge on any atom is 0.243 e. The van der Waals surface area contributed by atoms with E-state index in [0.717, 1.165) is 13.1 Å². The van der Waals surface area contributed by atoms with E-state index in [-0.39, 0.29) is 10.8 Å². The number of piperazine rings is 1. The summed E-state index contributed by atoms with van der Waals surface area (Å²) in [4.78, 5) is 17.0. The fraction of sp³-hybridized carbons (Fsp3) is 0.611. The lowest BCUT2D eigenvalue weighted by atomic mass is 10.2. The molecule has 1 unspecified atom stereocenters. The standard InChI is InChI=1S/C18H27N3O5S/c1-19-9-11-20(12-10-19)18(22)15-5-4-8-21(15)27(23,24)14-6-7-16(25-2)17(13-14)26-3/h6-7,13,15H,4-5,8-12H2,1-3H3. The van der Waals surface area contributed by atoms with E-state index in [2.05, 4.69) is 4.90 Å². The lowest BCUT2D eigenvalue weighted by Crippen LogP contribution is -2.53. The van der Waals surface area contributed by atoms with Crippen LogP contribution in [0.15, 0.2) is 23.1 Å². The number of carbonyl (C=O) groups is 1. The van der Waals surface area contributed by atoms with Crippen molar-refractivity contribution in [3.05, 3.63) is 18.2 Å². The van der Waals surface area contributed by atoms with Crippen molar-refractivity contribution in [1.29, 1.82) is 0 Å². The van der Waals surface area contributed by atoms with Crippen molar-refractivity contribution < 1.29 is 22.7 Å². The Morgan fingerprint density at radius 2 is 1.70 bits per heavy atom. The zero-order chi connectivity index (χ0) is 19.6. The summed E-state index contributed by atoms with van der Waals surface area (Å²) in [6, 6.07) is 3.88. The molecule has 2 saturated heterocycles. The number of ether oxygens (including phenoxy) is 2. The minimum atomic E-state index is -3.80. The molecule has 0 aromatic heterocycles. The molecule has 0 spiro atoms. The quantitative estimate of drug-likeness (QED) is 0.725. The Bertz CT molecular complexity index is 790. The van der Waals surface area contributed by atoms with Crippen molar-refractivity contribution in [3.8, 4) is 11.5 Å². The van der Waals surface area contributed by atoms with Crippen LogP contribution in [0.25, 0.3) is 0 Å². The molecule has 0 bridgehead atoms. The number of methoxy groups -OCH3 is 2. The van der Waals surface area contributed by atoms with E-state index in [0.29, 0.717) is 44.0 Å². The largest absolute Gasteiger partial charge is 0.493 e. The van der Waals surface area contributed by atoms with Crippen molar-refractivity contribution >= 4 is 15.9 Å². The Hall–Kier alpha value is -1.84. The summed E-state index contributed by atoms with van der Waals surface area (Å²) in [5.74, 6) is 0.715. The van der Waals surface area contributed by atoms with Gasteiger partial charge in [-0.2, -0.15) is 4.31 Å². The number of benzene rings is 1. The van der Waals surface area contributed by atoms with Crippen molar-refractivity contribution in [2.75, 3.05) is 54.0 Å². The van der Waals surface area contributed by atoms with Crippen molar-refractivity contribution in [1.82, 2.24) is 14.1 Å². The number of hydrogen-bond acceptors (Lipinski definition) is 6. The molecule has 1 amide bonds. The average Bonchev–Trinajstić information content (AvgIpc) is 3.18. The number of nitrogens with zero attached hydrogens (tertiary/aromatic N) is 3. The molecule has 2 aliphatic heterocycles. The maximum atomic E-state index is 13.2. The fourth-order valence-electron chi connectivity index (χ4n) is 3.62.